The van der Waals surface area contributed by atoms with E-state index in [-0.39, 0.29) is 5.97 Å². The van der Waals surface area contributed by atoms with Crippen molar-refractivity contribution in [2.24, 2.45) is 0 Å². The smallest absolute Gasteiger partial charge is 0.306 e. The van der Waals surface area contributed by atoms with E-state index in [1.807, 2.05) is 6.07 Å². The first kappa shape index (κ1) is 14.2. The highest BCUT2D eigenvalue weighted by molar-refractivity contribution is 5.69. The van der Waals surface area contributed by atoms with Crippen LogP contribution in [0.5, 0.6) is 0 Å². The Hall–Kier alpha value is -2.20. The third-order valence-electron chi connectivity index (χ3n) is 3.31. The van der Waals surface area contributed by atoms with E-state index < -0.39 is 0 Å². The maximum Gasteiger partial charge on any atom is 0.306 e. The van der Waals surface area contributed by atoms with Crippen molar-refractivity contribution < 1.29 is 9.53 Å². The van der Waals surface area contributed by atoms with Gasteiger partial charge in [-0.05, 0) is 0 Å². The predicted molar refractivity (Wildman–Crippen MR) is 72.0 cm³/mol. The third kappa shape index (κ3) is 3.65. The number of piperazine rings is 1. The molecule has 1 aliphatic heterocycles. The molecule has 7 heteroatoms. The fourth-order valence-corrected chi connectivity index (χ4v) is 2.09. The Morgan fingerprint density at radius 2 is 2.10 bits per heavy atom. The summed E-state index contributed by atoms with van der Waals surface area (Å²) in [6.45, 7) is 4.14. The lowest BCUT2D eigenvalue weighted by molar-refractivity contribution is -0.141. The number of hydrogen-bond acceptors (Lipinski definition) is 7. The van der Waals surface area contributed by atoms with E-state index in [4.69, 9.17) is 5.26 Å². The topological polar surface area (TPSA) is 82.4 Å². The molecule has 1 aromatic heterocycles. The Balaban J connectivity index is 1.81. The Morgan fingerprint density at radius 3 is 2.65 bits per heavy atom. The molecule has 2 rings (SSSR count). The van der Waals surface area contributed by atoms with Crippen LogP contribution in [0.4, 0.5) is 5.82 Å². The number of esters is 1. The normalized spacial score (nSPS) is 15.7. The molecule has 0 unspecified atom stereocenters. The van der Waals surface area contributed by atoms with Gasteiger partial charge in [0.05, 0.1) is 25.9 Å². The first-order valence-corrected chi connectivity index (χ1v) is 6.49. The summed E-state index contributed by atoms with van der Waals surface area (Å²) in [5.41, 5.74) is 0.325. The lowest BCUT2D eigenvalue weighted by atomic mass is 10.3. The minimum absolute atomic E-state index is 0.176. The number of aromatic nitrogens is 2. The molecule has 7 nitrogen and oxygen atoms in total. The zero-order chi connectivity index (χ0) is 14.4. The highest BCUT2D eigenvalue weighted by Crippen LogP contribution is 2.12. The fraction of sp³-hybridized carbons (Fsp3) is 0.538. The lowest BCUT2D eigenvalue weighted by Gasteiger charge is -2.34. The Kier molecular flexibility index (Phi) is 4.85. The van der Waals surface area contributed by atoms with E-state index in [0.29, 0.717) is 12.1 Å². The molecule has 2 heterocycles. The van der Waals surface area contributed by atoms with Gasteiger partial charge in [-0.15, -0.1) is 0 Å². The molecular weight excluding hydrogens is 258 g/mol. The standard InChI is InChI=1S/C13H17N5O2/c1-20-13(19)2-3-17-4-6-18(7-5-17)12-10-15-11(8-14)9-16-12/h9-10H,2-7H2,1H3. The molecule has 1 aromatic rings. The maximum atomic E-state index is 11.1. The van der Waals surface area contributed by atoms with Gasteiger partial charge in [-0.1, -0.05) is 0 Å². The van der Waals surface area contributed by atoms with E-state index in [0.717, 1.165) is 38.5 Å². The first-order valence-electron chi connectivity index (χ1n) is 6.49. The SMILES string of the molecule is COC(=O)CCN1CCN(c2cnc(C#N)cn2)CC1. The molecule has 106 valence electrons. The molecule has 20 heavy (non-hydrogen) atoms. The average molecular weight is 275 g/mol. The quantitative estimate of drug-likeness (QED) is 0.717. The van der Waals surface area contributed by atoms with E-state index in [9.17, 15) is 4.79 Å². The van der Waals surface area contributed by atoms with Crippen LogP contribution in [0.25, 0.3) is 0 Å². The number of rotatable bonds is 4. The van der Waals surface area contributed by atoms with Crippen LogP contribution in [-0.4, -0.2) is 60.7 Å². The third-order valence-corrected chi connectivity index (χ3v) is 3.31. The maximum absolute atomic E-state index is 11.1. The molecule has 1 aliphatic rings. The van der Waals surface area contributed by atoms with Crippen molar-refractivity contribution in [2.75, 3.05) is 44.7 Å². The zero-order valence-corrected chi connectivity index (χ0v) is 11.4. The van der Waals surface area contributed by atoms with Crippen molar-refractivity contribution in [3.8, 4) is 6.07 Å². The summed E-state index contributed by atoms with van der Waals surface area (Å²) in [5.74, 6) is 0.613. The van der Waals surface area contributed by atoms with E-state index in [2.05, 4.69) is 24.5 Å². The number of hydrogen-bond donors (Lipinski definition) is 0. The zero-order valence-electron chi connectivity index (χ0n) is 11.4. The lowest BCUT2D eigenvalue weighted by Crippen LogP contribution is -2.47. The molecule has 0 aliphatic carbocycles. The van der Waals surface area contributed by atoms with E-state index in [1.54, 1.807) is 6.20 Å². The summed E-state index contributed by atoms with van der Waals surface area (Å²) in [4.78, 5) is 23.7. The molecule has 0 saturated carbocycles. The molecular formula is C13H17N5O2. The van der Waals surface area contributed by atoms with Crippen LogP contribution >= 0.6 is 0 Å². The minimum Gasteiger partial charge on any atom is -0.469 e. The van der Waals surface area contributed by atoms with Crippen LogP contribution < -0.4 is 4.90 Å². The summed E-state index contributed by atoms with van der Waals surface area (Å²) in [6, 6.07) is 1.95. The second-order valence-electron chi connectivity index (χ2n) is 4.53. The second kappa shape index (κ2) is 6.82. The van der Waals surface area contributed by atoms with Crippen molar-refractivity contribution in [3.05, 3.63) is 18.1 Å². The molecule has 0 bridgehead atoms. The van der Waals surface area contributed by atoms with Gasteiger partial charge in [0.15, 0.2) is 5.69 Å². The van der Waals surface area contributed by atoms with Gasteiger partial charge < -0.3 is 9.64 Å². The Labute approximate surface area is 117 Å². The number of carbonyl (C=O) groups is 1. The summed E-state index contributed by atoms with van der Waals surface area (Å²) in [7, 11) is 1.41. The monoisotopic (exact) mass is 275 g/mol. The van der Waals surface area contributed by atoms with Gasteiger partial charge in [0.25, 0.3) is 0 Å². The summed E-state index contributed by atoms with van der Waals surface area (Å²) >= 11 is 0. The largest absolute Gasteiger partial charge is 0.469 e. The average Bonchev–Trinajstić information content (AvgIpc) is 2.53. The van der Waals surface area contributed by atoms with Gasteiger partial charge >= 0.3 is 5.97 Å². The Bertz CT molecular complexity index is 488. The molecule has 0 radical (unpaired) electrons. The van der Waals surface area contributed by atoms with Crippen molar-refractivity contribution in [1.82, 2.24) is 14.9 Å². The van der Waals surface area contributed by atoms with Crippen molar-refractivity contribution in [1.29, 1.82) is 5.26 Å². The van der Waals surface area contributed by atoms with Crippen molar-refractivity contribution >= 4 is 11.8 Å². The van der Waals surface area contributed by atoms with Gasteiger partial charge in [0.2, 0.25) is 0 Å². The molecule has 1 saturated heterocycles. The highest BCUT2D eigenvalue weighted by Gasteiger charge is 2.18. The van der Waals surface area contributed by atoms with Crippen LogP contribution in [0.2, 0.25) is 0 Å². The first-order chi connectivity index (χ1) is 9.72. The van der Waals surface area contributed by atoms with Gasteiger partial charge in [-0.2, -0.15) is 5.26 Å². The molecule has 0 amide bonds. The fourth-order valence-electron chi connectivity index (χ4n) is 2.09. The van der Waals surface area contributed by atoms with Crippen LogP contribution in [0.15, 0.2) is 12.4 Å². The molecule has 0 N–H and O–H groups in total. The molecule has 1 fully saturated rings. The Morgan fingerprint density at radius 1 is 1.35 bits per heavy atom. The summed E-state index contributed by atoms with van der Waals surface area (Å²) in [6.07, 6.45) is 3.54. The number of methoxy groups -OCH3 is 1. The molecule has 0 spiro atoms. The number of ether oxygens (including phenoxy) is 1. The predicted octanol–water partition coefficient (Wildman–Crippen LogP) is 0.0334. The highest BCUT2D eigenvalue weighted by atomic mass is 16.5. The van der Waals surface area contributed by atoms with Gasteiger partial charge in [0, 0.05) is 32.7 Å². The van der Waals surface area contributed by atoms with E-state index in [1.165, 1.54) is 13.3 Å². The number of nitrogens with zero attached hydrogens (tertiary/aromatic N) is 5. The number of carbonyl (C=O) groups excluding carboxylic acids is 1. The summed E-state index contributed by atoms with van der Waals surface area (Å²) < 4.78 is 4.63. The minimum atomic E-state index is -0.176. The van der Waals surface area contributed by atoms with Gasteiger partial charge in [0.1, 0.15) is 11.9 Å². The second-order valence-corrected chi connectivity index (χ2v) is 4.53. The van der Waals surface area contributed by atoms with Crippen molar-refractivity contribution in [2.45, 2.75) is 6.42 Å². The van der Waals surface area contributed by atoms with E-state index >= 15 is 0 Å². The van der Waals surface area contributed by atoms with Crippen LogP contribution in [0.1, 0.15) is 12.1 Å². The van der Waals surface area contributed by atoms with Gasteiger partial charge in [-0.25, -0.2) is 9.97 Å². The van der Waals surface area contributed by atoms with Crippen LogP contribution in [0, 0.1) is 11.3 Å². The molecule has 0 aromatic carbocycles. The summed E-state index contributed by atoms with van der Waals surface area (Å²) in [5, 5.41) is 8.69. The number of nitriles is 1. The van der Waals surface area contributed by atoms with Crippen LogP contribution in [-0.2, 0) is 9.53 Å². The molecule has 0 atom stereocenters. The van der Waals surface area contributed by atoms with Crippen LogP contribution in [0.3, 0.4) is 0 Å². The van der Waals surface area contributed by atoms with Crippen molar-refractivity contribution in [3.63, 3.8) is 0 Å². The van der Waals surface area contributed by atoms with Gasteiger partial charge in [-0.3, -0.25) is 9.69 Å². The number of anilines is 1.